The highest BCUT2D eigenvalue weighted by Gasteiger charge is 2.34. The van der Waals surface area contributed by atoms with Crippen LogP contribution in [0.15, 0.2) is 41.8 Å². The molecule has 0 radical (unpaired) electrons. The number of rotatable bonds is 5. The van der Waals surface area contributed by atoms with Gasteiger partial charge in [0.25, 0.3) is 0 Å². The van der Waals surface area contributed by atoms with Crippen LogP contribution in [0.5, 0.6) is 0 Å². The van der Waals surface area contributed by atoms with Gasteiger partial charge in [-0.15, -0.1) is 5.10 Å². The largest absolute Gasteiger partial charge is 0.369 e. The number of pyridine rings is 3. The predicted molar refractivity (Wildman–Crippen MR) is 144 cm³/mol. The molecule has 3 fully saturated rings. The summed E-state index contributed by atoms with van der Waals surface area (Å²) >= 11 is 0. The van der Waals surface area contributed by atoms with Gasteiger partial charge in [0.15, 0.2) is 11.5 Å². The Balaban J connectivity index is 1.26. The average molecular weight is 514 g/mol. The van der Waals surface area contributed by atoms with Crippen LogP contribution < -0.4 is 15.7 Å². The first-order chi connectivity index (χ1) is 18.5. The number of H-pyrrole nitrogens is 1. The van der Waals surface area contributed by atoms with E-state index in [1.165, 1.54) is 0 Å². The summed E-state index contributed by atoms with van der Waals surface area (Å²) in [7, 11) is 2.16. The molecular weight excluding hydrogens is 482 g/mol. The Kier molecular flexibility index (Phi) is 5.62. The van der Waals surface area contributed by atoms with Gasteiger partial charge < -0.3 is 24.8 Å². The number of nitrogens with zero attached hydrogens (tertiary/aromatic N) is 7. The standard InChI is InChI=1S/C27H31N9O2/c1-3-28-25-21-9-29-23(31-27(37)16-4-5-16)8-20(21)22(10-30-25)26-32-24-7-6-17(11-36(24)33-26)35-14-18-12-34(2)13-19(15-35)38-18/h6-11,16,18-19H,3-5,12-15H2,1-2H3,(H,28,30)(H,29,31,37). The Bertz CT molecular complexity index is 1590. The van der Waals surface area contributed by atoms with Gasteiger partial charge in [-0.1, -0.05) is 0 Å². The highest BCUT2D eigenvalue weighted by Crippen LogP contribution is 2.31. The summed E-state index contributed by atoms with van der Waals surface area (Å²) in [4.78, 5) is 34.3. The molecule has 38 heavy (non-hydrogen) atoms. The zero-order valence-electron chi connectivity index (χ0n) is 21.6. The maximum atomic E-state index is 12.4. The summed E-state index contributed by atoms with van der Waals surface area (Å²) < 4.78 is 7.99. The zero-order chi connectivity index (χ0) is 25.8. The lowest BCUT2D eigenvalue weighted by Gasteiger charge is -2.45. The van der Waals surface area contributed by atoms with E-state index in [-0.39, 0.29) is 24.0 Å². The summed E-state index contributed by atoms with van der Waals surface area (Å²) in [5, 5.41) is 9.57. The van der Waals surface area contributed by atoms with E-state index in [1.807, 2.05) is 36.0 Å². The molecule has 4 aromatic heterocycles. The second kappa shape index (κ2) is 9.17. The van der Waals surface area contributed by atoms with E-state index < -0.39 is 0 Å². The minimum atomic E-state index is 0.0247. The van der Waals surface area contributed by atoms with Gasteiger partial charge in [0, 0.05) is 67.4 Å². The number of aromatic amines is 1. The monoisotopic (exact) mass is 513 g/mol. The third kappa shape index (κ3) is 4.31. The molecule has 3 aliphatic rings. The van der Waals surface area contributed by atoms with Crippen molar-refractivity contribution in [3.63, 3.8) is 0 Å². The Hall–Kier alpha value is -3.83. The maximum absolute atomic E-state index is 12.4. The van der Waals surface area contributed by atoms with E-state index in [4.69, 9.17) is 14.8 Å². The predicted octanol–water partition coefficient (Wildman–Crippen LogP) is 2.06. The van der Waals surface area contributed by atoms with Gasteiger partial charge in [0.1, 0.15) is 11.3 Å². The van der Waals surface area contributed by atoms with Gasteiger partial charge in [-0.2, -0.15) is 0 Å². The molecule has 11 heteroatoms. The number of morpholine rings is 2. The normalized spacial score (nSPS) is 22.4. The number of ether oxygens (including phenoxy) is 1. The first-order valence-corrected chi connectivity index (χ1v) is 13.3. The maximum Gasteiger partial charge on any atom is 0.228 e. The molecule has 1 amide bonds. The molecule has 7 rings (SSSR count). The average Bonchev–Trinajstić information content (AvgIpc) is 3.67. The van der Waals surface area contributed by atoms with Gasteiger partial charge in [-0.05, 0) is 45.0 Å². The minimum Gasteiger partial charge on any atom is -0.369 e. The third-order valence-electron chi connectivity index (χ3n) is 7.50. The van der Waals surface area contributed by atoms with Crippen molar-refractivity contribution < 1.29 is 9.53 Å². The summed E-state index contributed by atoms with van der Waals surface area (Å²) in [6, 6.07) is 6.02. The molecule has 2 N–H and O–H groups in total. The first kappa shape index (κ1) is 23.3. The molecule has 1 saturated carbocycles. The number of hydrogen-bond donors (Lipinski definition) is 2. The number of aromatic nitrogens is 5. The molecule has 196 valence electrons. The summed E-state index contributed by atoms with van der Waals surface area (Å²) in [6.45, 7) is 6.25. The van der Waals surface area contributed by atoms with Gasteiger partial charge in [-0.25, -0.2) is 14.5 Å². The summed E-state index contributed by atoms with van der Waals surface area (Å²) in [5.41, 5.74) is 3.45. The van der Waals surface area contributed by atoms with Crippen LogP contribution in [0, 0.1) is 5.92 Å². The number of hydrogen-bond acceptors (Lipinski definition) is 8. The van der Waals surface area contributed by atoms with Crippen molar-refractivity contribution >= 4 is 33.8 Å². The molecule has 11 nitrogen and oxygen atoms in total. The van der Waals surface area contributed by atoms with Gasteiger partial charge in [0.05, 0.1) is 24.1 Å². The highest BCUT2D eigenvalue weighted by molar-refractivity contribution is 5.98. The highest BCUT2D eigenvalue weighted by atomic mass is 16.5. The van der Waals surface area contributed by atoms with E-state index in [9.17, 15) is 4.79 Å². The van der Waals surface area contributed by atoms with E-state index in [0.717, 1.165) is 72.2 Å². The van der Waals surface area contributed by atoms with E-state index in [2.05, 4.69) is 43.2 Å². The fraction of sp³-hybridized carbons (Fsp3) is 0.444. The fourth-order valence-electron chi connectivity index (χ4n) is 5.56. The molecule has 4 aromatic rings. The van der Waals surface area contributed by atoms with Crippen LogP contribution >= 0.6 is 0 Å². The molecule has 1 aliphatic carbocycles. The first-order valence-electron chi connectivity index (χ1n) is 13.3. The van der Waals surface area contributed by atoms with Crippen molar-refractivity contribution in [3.8, 4) is 11.4 Å². The van der Waals surface area contributed by atoms with Crippen LogP contribution in [0.25, 0.3) is 27.8 Å². The molecular formula is C27H31N9O2. The Morgan fingerprint density at radius 2 is 2.00 bits per heavy atom. The van der Waals surface area contributed by atoms with Crippen LogP contribution in [-0.2, 0) is 9.53 Å². The number of anilines is 2. The quantitative estimate of drug-likeness (QED) is 0.420. The molecule has 2 saturated heterocycles. The lowest BCUT2D eigenvalue weighted by atomic mass is 10.1. The Morgan fingerprint density at radius 3 is 2.76 bits per heavy atom. The van der Waals surface area contributed by atoms with Crippen molar-refractivity contribution in [3.05, 3.63) is 42.3 Å². The number of nitrogens with one attached hydrogen (secondary N) is 2. The molecule has 2 aliphatic heterocycles. The van der Waals surface area contributed by atoms with Crippen molar-refractivity contribution in [2.45, 2.75) is 32.0 Å². The smallest absolute Gasteiger partial charge is 0.228 e. The van der Waals surface area contributed by atoms with Crippen molar-refractivity contribution in [2.24, 2.45) is 10.9 Å². The lowest BCUT2D eigenvalue weighted by Crippen LogP contribution is -2.58. The zero-order valence-corrected chi connectivity index (χ0v) is 21.6. The van der Waals surface area contributed by atoms with E-state index in [0.29, 0.717) is 18.2 Å². The topological polar surface area (TPSA) is 116 Å². The van der Waals surface area contributed by atoms with E-state index in [1.54, 1.807) is 6.20 Å². The van der Waals surface area contributed by atoms with Gasteiger partial charge in [0.2, 0.25) is 5.91 Å². The molecule has 2 atom stereocenters. The van der Waals surface area contributed by atoms with Crippen LogP contribution in [0.1, 0.15) is 19.8 Å². The Morgan fingerprint density at radius 1 is 1.18 bits per heavy atom. The molecule has 2 bridgehead atoms. The fourth-order valence-corrected chi connectivity index (χ4v) is 5.56. The van der Waals surface area contributed by atoms with Crippen molar-refractivity contribution in [1.82, 2.24) is 29.5 Å². The lowest BCUT2D eigenvalue weighted by molar-refractivity contribution is -0.117. The number of carbonyl (C=O) groups is 1. The van der Waals surface area contributed by atoms with Crippen LogP contribution in [0.3, 0.4) is 0 Å². The Labute approximate surface area is 219 Å². The summed E-state index contributed by atoms with van der Waals surface area (Å²) in [6.07, 6.45) is 8.00. The number of fused-ring (bicyclic) bond motifs is 4. The molecule has 2 unspecified atom stereocenters. The van der Waals surface area contributed by atoms with Gasteiger partial charge >= 0.3 is 0 Å². The number of carbonyl (C=O) groups excluding carboxylic acids is 1. The van der Waals surface area contributed by atoms with Crippen LogP contribution in [0.2, 0.25) is 0 Å². The second-order valence-corrected chi connectivity index (χ2v) is 10.5. The van der Waals surface area contributed by atoms with Crippen LogP contribution in [0.4, 0.5) is 11.5 Å². The SMILES string of the molecule is CCN=c1[nH]cc(-c2nc3ccc(N4CC5CN(C)CC(C4)O5)cn3n2)c2cc(NC(=O)C3CC3)ncc12. The summed E-state index contributed by atoms with van der Waals surface area (Å²) in [5.74, 6) is 1.25. The van der Waals surface area contributed by atoms with Crippen molar-refractivity contribution in [1.29, 1.82) is 0 Å². The van der Waals surface area contributed by atoms with Gasteiger partial charge in [-0.3, -0.25) is 9.79 Å². The van der Waals surface area contributed by atoms with Crippen LogP contribution in [-0.4, -0.2) is 87.4 Å². The molecule has 0 aromatic carbocycles. The molecule has 0 spiro atoms. The number of amides is 1. The van der Waals surface area contributed by atoms with E-state index >= 15 is 0 Å². The molecule has 6 heterocycles. The van der Waals surface area contributed by atoms with Crippen molar-refractivity contribution in [2.75, 3.05) is 50.0 Å². The number of likely N-dealkylation sites (N-methyl/N-ethyl adjacent to an activating group) is 1. The third-order valence-corrected chi connectivity index (χ3v) is 7.50. The minimum absolute atomic E-state index is 0.0247. The second-order valence-electron chi connectivity index (χ2n) is 10.5.